The zero-order valence-corrected chi connectivity index (χ0v) is 16.7. The van der Waals surface area contributed by atoms with Crippen LogP contribution in [0.3, 0.4) is 0 Å². The summed E-state index contributed by atoms with van der Waals surface area (Å²) >= 11 is 0. The number of ether oxygens (including phenoxy) is 3. The van der Waals surface area contributed by atoms with Gasteiger partial charge in [0.25, 0.3) is 0 Å². The molecule has 0 unspecified atom stereocenters. The highest BCUT2D eigenvalue weighted by Crippen LogP contribution is 2.44. The molecule has 6 nitrogen and oxygen atoms in total. The summed E-state index contributed by atoms with van der Waals surface area (Å²) in [6.07, 6.45) is 0.0190. The summed E-state index contributed by atoms with van der Waals surface area (Å²) < 4.78 is 16.0. The molecule has 0 bridgehead atoms. The predicted molar refractivity (Wildman–Crippen MR) is 110 cm³/mol. The average molecular weight is 397 g/mol. The number of ketones is 1. The molecule has 0 saturated carbocycles. The Morgan fingerprint density at radius 1 is 0.897 bits per heavy atom. The minimum Gasteiger partial charge on any atom is -0.449 e. The number of benzene rings is 2. The van der Waals surface area contributed by atoms with Crippen LogP contribution in [0.4, 0.5) is 4.79 Å². The van der Waals surface area contributed by atoms with Gasteiger partial charge in [0.05, 0.1) is 19.8 Å². The van der Waals surface area contributed by atoms with E-state index >= 15 is 0 Å². The normalized spacial score (nSPS) is 12.3. The second-order valence-corrected chi connectivity index (χ2v) is 6.81. The number of amides is 1. The van der Waals surface area contributed by atoms with Crippen molar-refractivity contribution in [3.63, 3.8) is 0 Å². The van der Waals surface area contributed by atoms with Gasteiger partial charge in [-0.3, -0.25) is 4.79 Å². The van der Waals surface area contributed by atoms with Crippen molar-refractivity contribution < 1.29 is 23.8 Å². The first-order chi connectivity index (χ1) is 14.2. The van der Waals surface area contributed by atoms with E-state index in [4.69, 9.17) is 14.2 Å². The summed E-state index contributed by atoms with van der Waals surface area (Å²) in [5, 5.41) is 2.69. The Labute approximate surface area is 171 Å². The quantitative estimate of drug-likeness (QED) is 0.587. The largest absolute Gasteiger partial charge is 0.449 e. The molecule has 0 fully saturated rings. The maximum absolute atomic E-state index is 12.0. The zero-order chi connectivity index (χ0) is 20.5. The van der Waals surface area contributed by atoms with E-state index in [-0.39, 0.29) is 18.3 Å². The van der Waals surface area contributed by atoms with Crippen LogP contribution >= 0.6 is 0 Å². The Kier molecular flexibility index (Phi) is 7.78. The molecule has 1 aliphatic carbocycles. The predicted octanol–water partition coefficient (Wildman–Crippen LogP) is 3.54. The van der Waals surface area contributed by atoms with Crippen LogP contribution in [0.1, 0.15) is 30.4 Å². The lowest BCUT2D eigenvalue weighted by Crippen LogP contribution is -2.29. The first-order valence-corrected chi connectivity index (χ1v) is 9.96. The van der Waals surface area contributed by atoms with Crippen LogP contribution in [0, 0.1) is 0 Å². The molecule has 6 heteroatoms. The van der Waals surface area contributed by atoms with E-state index in [0.29, 0.717) is 39.4 Å². The lowest BCUT2D eigenvalue weighted by molar-refractivity contribution is -0.123. The highest BCUT2D eigenvalue weighted by Gasteiger charge is 2.28. The SMILES string of the molecule is CCC(=O)COCCOCCNC(=O)OCC1c2ccccc2-c2ccccc21. The van der Waals surface area contributed by atoms with Crippen molar-refractivity contribution in [3.05, 3.63) is 59.7 Å². The maximum atomic E-state index is 12.0. The van der Waals surface area contributed by atoms with Gasteiger partial charge in [0.1, 0.15) is 13.2 Å². The molecule has 1 amide bonds. The topological polar surface area (TPSA) is 73.9 Å². The molecule has 2 aromatic carbocycles. The van der Waals surface area contributed by atoms with Crippen molar-refractivity contribution in [1.29, 1.82) is 0 Å². The number of alkyl carbamates (subject to hydrolysis) is 1. The molecule has 29 heavy (non-hydrogen) atoms. The second kappa shape index (κ2) is 10.7. The lowest BCUT2D eigenvalue weighted by Gasteiger charge is -2.14. The molecule has 3 rings (SSSR count). The van der Waals surface area contributed by atoms with Gasteiger partial charge in [-0.1, -0.05) is 55.5 Å². The first kappa shape index (κ1) is 21.0. The van der Waals surface area contributed by atoms with Gasteiger partial charge in [0.2, 0.25) is 0 Å². The Morgan fingerprint density at radius 3 is 2.17 bits per heavy atom. The minimum atomic E-state index is -0.458. The zero-order valence-electron chi connectivity index (χ0n) is 16.7. The first-order valence-electron chi connectivity index (χ1n) is 9.96. The van der Waals surface area contributed by atoms with Crippen LogP contribution in [0.5, 0.6) is 0 Å². The van der Waals surface area contributed by atoms with Gasteiger partial charge in [0.15, 0.2) is 5.78 Å². The number of Topliss-reactive ketones (excluding diaryl/α,β-unsaturated/α-hetero) is 1. The summed E-state index contributed by atoms with van der Waals surface area (Å²) in [6, 6.07) is 16.5. The maximum Gasteiger partial charge on any atom is 0.407 e. The van der Waals surface area contributed by atoms with Gasteiger partial charge in [-0.15, -0.1) is 0 Å². The molecule has 0 aromatic heterocycles. The number of nitrogens with one attached hydrogen (secondary N) is 1. The standard InChI is InChI=1S/C23H27NO5/c1-2-17(25)15-28-14-13-27-12-11-24-23(26)29-16-22-20-9-5-3-7-18(20)19-8-4-6-10-21(19)22/h3-10,22H,2,11-16H2,1H3,(H,24,26). The van der Waals surface area contributed by atoms with Crippen LogP contribution in [-0.2, 0) is 19.0 Å². The van der Waals surface area contributed by atoms with Crippen LogP contribution < -0.4 is 5.32 Å². The molecule has 0 aliphatic heterocycles. The Morgan fingerprint density at radius 2 is 1.52 bits per heavy atom. The number of fused-ring (bicyclic) bond motifs is 3. The summed E-state index contributed by atoms with van der Waals surface area (Å²) in [4.78, 5) is 23.1. The molecular formula is C23H27NO5. The van der Waals surface area contributed by atoms with Gasteiger partial charge in [0, 0.05) is 18.9 Å². The van der Waals surface area contributed by atoms with Crippen molar-refractivity contribution in [3.8, 4) is 11.1 Å². The molecule has 2 aromatic rings. The number of hydrogen-bond donors (Lipinski definition) is 1. The van der Waals surface area contributed by atoms with Crippen LogP contribution in [0.25, 0.3) is 11.1 Å². The highest BCUT2D eigenvalue weighted by molar-refractivity contribution is 5.79. The minimum absolute atomic E-state index is 0.0485. The van der Waals surface area contributed by atoms with Gasteiger partial charge < -0.3 is 19.5 Å². The number of carbonyl (C=O) groups is 2. The Bertz CT molecular complexity index is 790. The third-order valence-electron chi connectivity index (χ3n) is 4.89. The molecule has 1 aliphatic rings. The summed E-state index contributed by atoms with van der Waals surface area (Å²) in [7, 11) is 0. The van der Waals surface area contributed by atoms with Crippen molar-refractivity contribution >= 4 is 11.9 Å². The molecule has 1 N–H and O–H groups in total. The van der Waals surface area contributed by atoms with E-state index in [9.17, 15) is 9.59 Å². The molecule has 154 valence electrons. The molecule has 0 heterocycles. The smallest absolute Gasteiger partial charge is 0.407 e. The van der Waals surface area contributed by atoms with E-state index < -0.39 is 6.09 Å². The van der Waals surface area contributed by atoms with Crippen molar-refractivity contribution in [2.24, 2.45) is 0 Å². The average Bonchev–Trinajstić information content (AvgIpc) is 3.07. The fraction of sp³-hybridized carbons (Fsp3) is 0.391. The molecule has 0 radical (unpaired) electrons. The van der Waals surface area contributed by atoms with Crippen molar-refractivity contribution in [2.75, 3.05) is 39.6 Å². The van der Waals surface area contributed by atoms with E-state index in [1.807, 2.05) is 24.3 Å². The molecule has 0 atom stereocenters. The van der Waals surface area contributed by atoms with Crippen LogP contribution in [0.2, 0.25) is 0 Å². The Balaban J connectivity index is 1.36. The van der Waals surface area contributed by atoms with Crippen molar-refractivity contribution in [1.82, 2.24) is 5.32 Å². The highest BCUT2D eigenvalue weighted by atomic mass is 16.6. The van der Waals surface area contributed by atoms with Gasteiger partial charge >= 0.3 is 6.09 Å². The summed E-state index contributed by atoms with van der Waals surface area (Å²) in [5.74, 6) is 0.120. The van der Waals surface area contributed by atoms with E-state index in [2.05, 4.69) is 29.6 Å². The lowest BCUT2D eigenvalue weighted by atomic mass is 9.98. The fourth-order valence-corrected chi connectivity index (χ4v) is 3.38. The molecule has 0 spiro atoms. The third-order valence-corrected chi connectivity index (χ3v) is 4.89. The van der Waals surface area contributed by atoms with Gasteiger partial charge in [-0.25, -0.2) is 4.79 Å². The summed E-state index contributed by atoms with van der Waals surface area (Å²) in [5.41, 5.74) is 4.78. The third kappa shape index (κ3) is 5.65. The molecular weight excluding hydrogens is 370 g/mol. The van der Waals surface area contributed by atoms with Crippen LogP contribution in [0.15, 0.2) is 48.5 Å². The number of rotatable bonds is 11. The molecule has 0 saturated heterocycles. The number of carbonyl (C=O) groups excluding carboxylic acids is 2. The van der Waals surface area contributed by atoms with E-state index in [1.54, 1.807) is 6.92 Å². The fourth-order valence-electron chi connectivity index (χ4n) is 3.38. The number of hydrogen-bond acceptors (Lipinski definition) is 5. The Hall–Kier alpha value is -2.70. The van der Waals surface area contributed by atoms with Crippen LogP contribution in [-0.4, -0.2) is 51.5 Å². The summed E-state index contributed by atoms with van der Waals surface area (Å²) in [6.45, 7) is 3.66. The van der Waals surface area contributed by atoms with E-state index in [0.717, 1.165) is 0 Å². The van der Waals surface area contributed by atoms with Crippen molar-refractivity contribution in [2.45, 2.75) is 19.3 Å². The van der Waals surface area contributed by atoms with E-state index in [1.165, 1.54) is 22.3 Å². The van der Waals surface area contributed by atoms with Gasteiger partial charge in [-0.05, 0) is 22.3 Å². The monoisotopic (exact) mass is 397 g/mol. The second-order valence-electron chi connectivity index (χ2n) is 6.81. The van der Waals surface area contributed by atoms with Gasteiger partial charge in [-0.2, -0.15) is 0 Å².